The molecular formula is C12H11BrO4. The van der Waals surface area contributed by atoms with E-state index in [4.69, 9.17) is 4.74 Å². The van der Waals surface area contributed by atoms with Gasteiger partial charge in [-0.3, -0.25) is 4.79 Å². The lowest BCUT2D eigenvalue weighted by Crippen LogP contribution is -2.12. The van der Waals surface area contributed by atoms with Crippen LogP contribution in [0.5, 0.6) is 5.75 Å². The Morgan fingerprint density at radius 2 is 1.94 bits per heavy atom. The second kappa shape index (κ2) is 6.85. The fourth-order valence-electron chi connectivity index (χ4n) is 0.979. The third-order valence-electron chi connectivity index (χ3n) is 1.76. The molecule has 0 spiro atoms. The molecule has 0 saturated heterocycles. The summed E-state index contributed by atoms with van der Waals surface area (Å²) in [6, 6.07) is 6.86. The van der Waals surface area contributed by atoms with E-state index in [1.165, 1.54) is 0 Å². The predicted octanol–water partition coefficient (Wildman–Crippen LogP) is 2.47. The Labute approximate surface area is 107 Å². The standard InChI is InChI=1S/C12H11BrO4/c1-2-11(14)16-8-7-12(15)17-10-5-3-9(13)4-6-10/h2-6H,1,7-8H2. The maximum atomic E-state index is 11.3. The van der Waals surface area contributed by atoms with Crippen molar-refractivity contribution in [3.63, 3.8) is 0 Å². The van der Waals surface area contributed by atoms with Crippen LogP contribution in [0.2, 0.25) is 0 Å². The first-order chi connectivity index (χ1) is 8.11. The average Bonchev–Trinajstić information content (AvgIpc) is 2.32. The number of benzene rings is 1. The van der Waals surface area contributed by atoms with E-state index in [0.717, 1.165) is 10.5 Å². The molecule has 1 rings (SSSR count). The van der Waals surface area contributed by atoms with Gasteiger partial charge in [0.15, 0.2) is 0 Å². The Hall–Kier alpha value is -1.62. The lowest BCUT2D eigenvalue weighted by Gasteiger charge is -2.04. The minimum atomic E-state index is -0.554. The molecule has 0 aliphatic heterocycles. The van der Waals surface area contributed by atoms with Crippen molar-refractivity contribution in [3.05, 3.63) is 41.4 Å². The lowest BCUT2D eigenvalue weighted by molar-refractivity contribution is -0.141. The normalized spacial score (nSPS) is 9.47. The summed E-state index contributed by atoms with van der Waals surface area (Å²) in [5, 5.41) is 0. The third kappa shape index (κ3) is 5.31. The molecule has 0 unspecified atom stereocenters. The number of ether oxygens (including phenoxy) is 2. The molecular weight excluding hydrogens is 288 g/mol. The first-order valence-corrected chi connectivity index (χ1v) is 5.66. The van der Waals surface area contributed by atoms with Gasteiger partial charge in [0, 0.05) is 10.5 Å². The first kappa shape index (κ1) is 13.4. The smallest absolute Gasteiger partial charge is 0.330 e. The number of halogens is 1. The quantitative estimate of drug-likeness (QED) is 0.476. The summed E-state index contributed by atoms with van der Waals surface area (Å²) in [7, 11) is 0. The van der Waals surface area contributed by atoms with Gasteiger partial charge in [0.25, 0.3) is 0 Å². The summed E-state index contributed by atoms with van der Waals surface area (Å²) in [5.41, 5.74) is 0. The fourth-order valence-corrected chi connectivity index (χ4v) is 1.24. The molecule has 0 aromatic heterocycles. The molecule has 17 heavy (non-hydrogen) atoms. The summed E-state index contributed by atoms with van der Waals surface area (Å²) in [5.74, 6) is -0.557. The summed E-state index contributed by atoms with van der Waals surface area (Å²) in [6.07, 6.45) is 1.05. The highest BCUT2D eigenvalue weighted by molar-refractivity contribution is 9.10. The number of carbonyl (C=O) groups excluding carboxylic acids is 2. The van der Waals surface area contributed by atoms with E-state index in [2.05, 4.69) is 27.2 Å². The van der Waals surface area contributed by atoms with E-state index in [9.17, 15) is 9.59 Å². The molecule has 0 atom stereocenters. The number of hydrogen-bond donors (Lipinski definition) is 0. The van der Waals surface area contributed by atoms with Gasteiger partial charge in [-0.05, 0) is 24.3 Å². The maximum absolute atomic E-state index is 11.3. The van der Waals surface area contributed by atoms with Crippen molar-refractivity contribution in [1.29, 1.82) is 0 Å². The van der Waals surface area contributed by atoms with E-state index in [1.807, 2.05) is 0 Å². The molecule has 0 radical (unpaired) electrons. The van der Waals surface area contributed by atoms with Gasteiger partial charge in [0.1, 0.15) is 12.4 Å². The molecule has 0 saturated carbocycles. The van der Waals surface area contributed by atoms with Crippen molar-refractivity contribution in [2.45, 2.75) is 6.42 Å². The van der Waals surface area contributed by atoms with Crippen molar-refractivity contribution < 1.29 is 19.1 Å². The molecule has 0 amide bonds. The van der Waals surface area contributed by atoms with Crippen LogP contribution in [0.3, 0.4) is 0 Å². The van der Waals surface area contributed by atoms with E-state index in [-0.39, 0.29) is 13.0 Å². The summed E-state index contributed by atoms with van der Waals surface area (Å²) in [6.45, 7) is 3.23. The van der Waals surface area contributed by atoms with Crippen LogP contribution in [0.4, 0.5) is 0 Å². The van der Waals surface area contributed by atoms with E-state index in [0.29, 0.717) is 5.75 Å². The summed E-state index contributed by atoms with van der Waals surface area (Å²) >= 11 is 3.27. The van der Waals surface area contributed by atoms with Crippen LogP contribution in [0, 0.1) is 0 Å². The van der Waals surface area contributed by atoms with E-state index < -0.39 is 11.9 Å². The Morgan fingerprint density at radius 3 is 2.53 bits per heavy atom. The van der Waals surface area contributed by atoms with Crippen molar-refractivity contribution >= 4 is 27.9 Å². The van der Waals surface area contributed by atoms with E-state index >= 15 is 0 Å². The first-order valence-electron chi connectivity index (χ1n) is 4.87. The highest BCUT2D eigenvalue weighted by atomic mass is 79.9. The Morgan fingerprint density at radius 1 is 1.29 bits per heavy atom. The highest BCUT2D eigenvalue weighted by Crippen LogP contribution is 2.16. The van der Waals surface area contributed by atoms with Gasteiger partial charge >= 0.3 is 11.9 Å². The number of esters is 2. The molecule has 0 fully saturated rings. The molecule has 1 aromatic carbocycles. The second-order valence-corrected chi connectivity index (χ2v) is 3.97. The van der Waals surface area contributed by atoms with Crippen LogP contribution in [0.15, 0.2) is 41.4 Å². The maximum Gasteiger partial charge on any atom is 0.330 e. The van der Waals surface area contributed by atoms with Crippen molar-refractivity contribution in [1.82, 2.24) is 0 Å². The largest absolute Gasteiger partial charge is 0.462 e. The van der Waals surface area contributed by atoms with Crippen molar-refractivity contribution in [2.24, 2.45) is 0 Å². The van der Waals surface area contributed by atoms with Crippen LogP contribution in [0.1, 0.15) is 6.42 Å². The molecule has 0 N–H and O–H groups in total. The lowest BCUT2D eigenvalue weighted by atomic mass is 10.3. The van der Waals surface area contributed by atoms with Crippen LogP contribution in [-0.4, -0.2) is 18.5 Å². The van der Waals surface area contributed by atoms with Gasteiger partial charge in [0.05, 0.1) is 6.42 Å². The minimum Gasteiger partial charge on any atom is -0.462 e. The zero-order valence-corrected chi connectivity index (χ0v) is 10.6. The number of carbonyl (C=O) groups is 2. The second-order valence-electron chi connectivity index (χ2n) is 3.05. The Bertz CT molecular complexity index is 411. The minimum absolute atomic E-state index is 0.00957. The third-order valence-corrected chi connectivity index (χ3v) is 2.29. The average molecular weight is 299 g/mol. The molecule has 0 aliphatic carbocycles. The summed E-state index contributed by atoms with van der Waals surface area (Å²) in [4.78, 5) is 22.0. The number of rotatable bonds is 5. The molecule has 0 heterocycles. The van der Waals surface area contributed by atoms with Crippen LogP contribution < -0.4 is 4.74 Å². The Balaban J connectivity index is 2.32. The molecule has 0 aliphatic rings. The van der Waals surface area contributed by atoms with Crippen molar-refractivity contribution in [2.75, 3.05) is 6.61 Å². The van der Waals surface area contributed by atoms with Gasteiger partial charge in [-0.2, -0.15) is 0 Å². The molecule has 5 heteroatoms. The monoisotopic (exact) mass is 298 g/mol. The van der Waals surface area contributed by atoms with E-state index in [1.54, 1.807) is 24.3 Å². The molecule has 0 bridgehead atoms. The van der Waals surface area contributed by atoms with Gasteiger partial charge in [-0.1, -0.05) is 22.5 Å². The molecule has 4 nitrogen and oxygen atoms in total. The van der Waals surface area contributed by atoms with Gasteiger partial charge in [-0.15, -0.1) is 0 Å². The van der Waals surface area contributed by atoms with Gasteiger partial charge in [-0.25, -0.2) is 4.79 Å². The van der Waals surface area contributed by atoms with Crippen molar-refractivity contribution in [3.8, 4) is 5.75 Å². The zero-order chi connectivity index (χ0) is 12.7. The SMILES string of the molecule is C=CC(=O)OCCC(=O)Oc1ccc(Br)cc1. The zero-order valence-electron chi connectivity index (χ0n) is 9.02. The predicted molar refractivity (Wildman–Crippen MR) is 65.6 cm³/mol. The number of hydrogen-bond acceptors (Lipinski definition) is 4. The summed E-state index contributed by atoms with van der Waals surface area (Å²) < 4.78 is 10.6. The van der Waals surface area contributed by atoms with Crippen LogP contribution in [0.25, 0.3) is 0 Å². The highest BCUT2D eigenvalue weighted by Gasteiger charge is 2.06. The van der Waals surface area contributed by atoms with Crippen LogP contribution >= 0.6 is 15.9 Å². The molecule has 1 aromatic rings. The topological polar surface area (TPSA) is 52.6 Å². The molecule has 90 valence electrons. The van der Waals surface area contributed by atoms with Gasteiger partial charge < -0.3 is 9.47 Å². The fraction of sp³-hybridized carbons (Fsp3) is 0.167. The van der Waals surface area contributed by atoms with Crippen LogP contribution in [-0.2, 0) is 14.3 Å². The Kier molecular flexibility index (Phi) is 5.42. The van der Waals surface area contributed by atoms with Gasteiger partial charge in [0.2, 0.25) is 0 Å².